The molecule has 1 amide bonds. The maximum atomic E-state index is 12.8. The van der Waals surface area contributed by atoms with Crippen LogP contribution in [0.5, 0.6) is 5.75 Å². The maximum absolute atomic E-state index is 12.8. The van der Waals surface area contributed by atoms with Crippen LogP contribution in [0, 0.1) is 0 Å². The van der Waals surface area contributed by atoms with Crippen LogP contribution < -0.4 is 14.8 Å². The summed E-state index contributed by atoms with van der Waals surface area (Å²) in [6, 6.07) is 8.42. The summed E-state index contributed by atoms with van der Waals surface area (Å²) in [5.74, 6) is -0.0674. The largest absolute Gasteiger partial charge is 0.495 e. The van der Waals surface area contributed by atoms with E-state index in [9.17, 15) is 13.2 Å². The van der Waals surface area contributed by atoms with Gasteiger partial charge in [-0.1, -0.05) is 18.9 Å². The fourth-order valence-electron chi connectivity index (χ4n) is 3.21. The van der Waals surface area contributed by atoms with Crippen LogP contribution in [0.4, 0.5) is 0 Å². The summed E-state index contributed by atoms with van der Waals surface area (Å²) in [5, 5.41) is 4.83. The molecule has 2 N–H and O–H groups in total. The maximum Gasteiger partial charge on any atom is 0.251 e. The van der Waals surface area contributed by atoms with Crippen LogP contribution in [0.25, 0.3) is 0 Å². The van der Waals surface area contributed by atoms with Crippen molar-refractivity contribution in [3.8, 4) is 5.75 Å². The first-order valence-electron chi connectivity index (χ1n) is 9.00. The number of sulfonamides is 1. The topological polar surface area (TPSA) is 84.5 Å². The highest BCUT2D eigenvalue weighted by Gasteiger charge is 2.26. The SMILES string of the molecule is COc1ccc(C(=O)NCCc2cccs2)cc1S(=O)(=O)NC1CCCC1. The van der Waals surface area contributed by atoms with E-state index in [0.29, 0.717) is 12.1 Å². The molecule has 0 unspecified atom stereocenters. The highest BCUT2D eigenvalue weighted by molar-refractivity contribution is 7.89. The van der Waals surface area contributed by atoms with Gasteiger partial charge in [0.05, 0.1) is 7.11 Å². The minimum atomic E-state index is -3.75. The van der Waals surface area contributed by atoms with Crippen LogP contribution in [0.2, 0.25) is 0 Å². The quantitative estimate of drug-likeness (QED) is 0.703. The van der Waals surface area contributed by atoms with E-state index in [-0.39, 0.29) is 22.6 Å². The van der Waals surface area contributed by atoms with Gasteiger partial charge < -0.3 is 10.1 Å². The van der Waals surface area contributed by atoms with E-state index >= 15 is 0 Å². The lowest BCUT2D eigenvalue weighted by molar-refractivity contribution is 0.0954. The molecule has 8 heteroatoms. The molecule has 146 valence electrons. The van der Waals surface area contributed by atoms with Gasteiger partial charge in [-0.2, -0.15) is 0 Å². The summed E-state index contributed by atoms with van der Waals surface area (Å²) in [4.78, 5) is 13.6. The number of nitrogens with one attached hydrogen (secondary N) is 2. The molecule has 6 nitrogen and oxygen atoms in total. The number of thiophene rings is 1. The third-order valence-corrected chi connectivity index (χ3v) is 7.11. The van der Waals surface area contributed by atoms with E-state index in [4.69, 9.17) is 4.74 Å². The number of hydrogen-bond acceptors (Lipinski definition) is 5. The Labute approximate surface area is 164 Å². The van der Waals surface area contributed by atoms with Gasteiger partial charge in [0, 0.05) is 23.0 Å². The number of ether oxygens (including phenoxy) is 1. The highest BCUT2D eigenvalue weighted by Crippen LogP contribution is 2.27. The lowest BCUT2D eigenvalue weighted by Gasteiger charge is -2.15. The van der Waals surface area contributed by atoms with Crippen LogP contribution >= 0.6 is 11.3 Å². The van der Waals surface area contributed by atoms with E-state index in [1.807, 2.05) is 17.5 Å². The third kappa shape index (κ3) is 5.09. The molecule has 27 heavy (non-hydrogen) atoms. The molecule has 0 bridgehead atoms. The molecule has 1 saturated carbocycles. The standard InChI is InChI=1S/C19H24N2O4S2/c1-25-17-9-8-14(19(22)20-11-10-16-7-4-12-26-16)13-18(17)27(23,24)21-15-5-2-3-6-15/h4,7-9,12-13,15,21H,2-3,5-6,10-11H2,1H3,(H,20,22). The number of rotatable bonds is 8. The van der Waals surface area contributed by atoms with Gasteiger partial charge in [0.25, 0.3) is 5.91 Å². The van der Waals surface area contributed by atoms with Crippen molar-refractivity contribution in [1.29, 1.82) is 0 Å². The van der Waals surface area contributed by atoms with Crippen LogP contribution in [-0.2, 0) is 16.4 Å². The normalized spacial score (nSPS) is 15.0. The Morgan fingerprint density at radius 1 is 1.26 bits per heavy atom. The molecule has 1 aromatic carbocycles. The van der Waals surface area contributed by atoms with Gasteiger partial charge in [-0.15, -0.1) is 11.3 Å². The number of benzene rings is 1. The first-order valence-corrected chi connectivity index (χ1v) is 11.4. The molecule has 2 aromatic rings. The van der Waals surface area contributed by atoms with E-state index < -0.39 is 10.0 Å². The molecule has 1 heterocycles. The van der Waals surface area contributed by atoms with Crippen molar-refractivity contribution in [1.82, 2.24) is 10.0 Å². The average molecular weight is 409 g/mol. The number of methoxy groups -OCH3 is 1. The summed E-state index contributed by atoms with van der Waals surface area (Å²) >= 11 is 1.64. The van der Waals surface area contributed by atoms with Gasteiger partial charge in [-0.25, -0.2) is 13.1 Å². The van der Waals surface area contributed by atoms with E-state index in [1.165, 1.54) is 24.1 Å². The Hall–Kier alpha value is -1.90. The molecule has 0 saturated heterocycles. The summed E-state index contributed by atoms with van der Waals surface area (Å²) in [6.45, 7) is 0.494. The second-order valence-corrected chi connectivity index (χ2v) is 9.27. The van der Waals surface area contributed by atoms with Crippen molar-refractivity contribution in [2.45, 2.75) is 43.0 Å². The minimum Gasteiger partial charge on any atom is -0.495 e. The monoisotopic (exact) mass is 408 g/mol. The summed E-state index contributed by atoms with van der Waals surface area (Å²) in [6.07, 6.45) is 4.47. The molecular formula is C19H24N2O4S2. The predicted molar refractivity (Wildman–Crippen MR) is 106 cm³/mol. The van der Waals surface area contributed by atoms with Crippen molar-refractivity contribution in [2.24, 2.45) is 0 Å². The summed E-state index contributed by atoms with van der Waals surface area (Å²) < 4.78 is 33.5. The first-order chi connectivity index (χ1) is 13.0. The third-order valence-electron chi connectivity index (χ3n) is 4.63. The molecule has 1 fully saturated rings. The number of hydrogen-bond donors (Lipinski definition) is 2. The Balaban J connectivity index is 1.72. The van der Waals surface area contributed by atoms with Crippen molar-refractivity contribution in [3.63, 3.8) is 0 Å². The molecule has 1 aliphatic carbocycles. The van der Waals surface area contributed by atoms with Gasteiger partial charge in [-0.3, -0.25) is 4.79 Å². The molecule has 3 rings (SSSR count). The number of carbonyl (C=O) groups excluding carboxylic acids is 1. The van der Waals surface area contributed by atoms with E-state index in [2.05, 4.69) is 10.0 Å². The van der Waals surface area contributed by atoms with Crippen molar-refractivity contribution in [2.75, 3.05) is 13.7 Å². The Morgan fingerprint density at radius 2 is 2.04 bits per heavy atom. The van der Waals surface area contributed by atoms with Crippen LogP contribution in [0.1, 0.15) is 40.9 Å². The van der Waals surface area contributed by atoms with Gasteiger partial charge in [0.1, 0.15) is 10.6 Å². The lowest BCUT2D eigenvalue weighted by atomic mass is 10.2. The molecule has 0 spiro atoms. The molecule has 0 radical (unpaired) electrons. The van der Waals surface area contributed by atoms with E-state index in [0.717, 1.165) is 32.1 Å². The minimum absolute atomic E-state index is 0.00260. The zero-order valence-electron chi connectivity index (χ0n) is 15.2. The number of carbonyl (C=O) groups is 1. The summed E-state index contributed by atoms with van der Waals surface area (Å²) in [5.41, 5.74) is 0.300. The van der Waals surface area contributed by atoms with Gasteiger partial charge in [0.15, 0.2) is 0 Å². The van der Waals surface area contributed by atoms with Crippen molar-refractivity contribution >= 4 is 27.3 Å². The number of amides is 1. The van der Waals surface area contributed by atoms with Gasteiger partial charge in [0.2, 0.25) is 10.0 Å². The zero-order valence-corrected chi connectivity index (χ0v) is 16.9. The second-order valence-electron chi connectivity index (χ2n) is 6.55. The zero-order chi connectivity index (χ0) is 19.3. The van der Waals surface area contributed by atoms with Crippen LogP contribution in [-0.4, -0.2) is 34.0 Å². The van der Waals surface area contributed by atoms with Crippen LogP contribution in [0.3, 0.4) is 0 Å². The molecule has 1 aromatic heterocycles. The second kappa shape index (κ2) is 8.86. The molecular weight excluding hydrogens is 384 g/mol. The lowest BCUT2D eigenvalue weighted by Crippen LogP contribution is -2.33. The highest BCUT2D eigenvalue weighted by atomic mass is 32.2. The first kappa shape index (κ1) is 19.9. The Morgan fingerprint density at radius 3 is 2.70 bits per heavy atom. The fraction of sp³-hybridized carbons (Fsp3) is 0.421. The Bertz CT molecular complexity index is 873. The van der Waals surface area contributed by atoms with Gasteiger partial charge >= 0.3 is 0 Å². The Kier molecular flexibility index (Phi) is 6.51. The molecule has 1 aliphatic rings. The van der Waals surface area contributed by atoms with Crippen molar-refractivity contribution in [3.05, 3.63) is 46.2 Å². The van der Waals surface area contributed by atoms with E-state index in [1.54, 1.807) is 17.4 Å². The van der Waals surface area contributed by atoms with Crippen molar-refractivity contribution < 1.29 is 17.9 Å². The predicted octanol–water partition coefficient (Wildman–Crippen LogP) is 2.95. The fourth-order valence-corrected chi connectivity index (χ4v) is 5.42. The molecule has 0 aliphatic heterocycles. The van der Waals surface area contributed by atoms with Crippen LogP contribution in [0.15, 0.2) is 40.6 Å². The smallest absolute Gasteiger partial charge is 0.251 e. The molecule has 0 atom stereocenters. The van der Waals surface area contributed by atoms with Gasteiger partial charge in [-0.05, 0) is 48.9 Å². The summed E-state index contributed by atoms with van der Waals surface area (Å²) in [7, 11) is -2.33. The average Bonchev–Trinajstić information content (AvgIpc) is 3.35.